The van der Waals surface area contributed by atoms with Crippen molar-refractivity contribution in [3.63, 3.8) is 0 Å². The Morgan fingerprint density at radius 3 is 2.92 bits per heavy atom. The quantitative estimate of drug-likeness (QED) is 0.884. The lowest BCUT2D eigenvalue weighted by Gasteiger charge is -2.42. The molecule has 0 amide bonds. The van der Waals surface area contributed by atoms with Crippen LogP contribution in [0.3, 0.4) is 0 Å². The molecule has 1 aromatic carbocycles. The molecule has 1 aliphatic carbocycles. The number of benzene rings is 1. The second-order valence-electron chi connectivity index (χ2n) is 7.89. The number of fused-ring (bicyclic) bond motifs is 1. The van der Waals surface area contributed by atoms with Gasteiger partial charge in [-0.1, -0.05) is 6.42 Å². The third-order valence-corrected chi connectivity index (χ3v) is 6.14. The van der Waals surface area contributed by atoms with E-state index in [-0.39, 0.29) is 17.1 Å². The second-order valence-corrected chi connectivity index (χ2v) is 7.89. The number of ether oxygens (including phenoxy) is 1. The summed E-state index contributed by atoms with van der Waals surface area (Å²) in [5, 5.41) is 11.5. The van der Waals surface area contributed by atoms with E-state index in [1.165, 1.54) is 0 Å². The monoisotopic (exact) mass is 356 g/mol. The second kappa shape index (κ2) is 7.05. The van der Waals surface area contributed by atoms with Crippen LogP contribution in [0.25, 0.3) is 10.9 Å². The van der Waals surface area contributed by atoms with Gasteiger partial charge in [-0.3, -0.25) is 9.69 Å². The summed E-state index contributed by atoms with van der Waals surface area (Å²) in [5.41, 5.74) is 1.65. The van der Waals surface area contributed by atoms with Gasteiger partial charge in [0.15, 0.2) is 0 Å². The summed E-state index contributed by atoms with van der Waals surface area (Å²) in [6.45, 7) is 5.11. The van der Waals surface area contributed by atoms with E-state index in [4.69, 9.17) is 4.74 Å². The summed E-state index contributed by atoms with van der Waals surface area (Å²) in [6, 6.07) is 7.76. The standard InChI is InChI=1S/C21H28N2O3/c1-2-26-17-6-7-18-15(12-17)11-16(20(25)22-18)13-23-10-4-9-21(14-23)8-3-5-19(21)24/h6-7,11-12,19,24H,2-5,8-10,13-14H2,1H3,(H,22,25)/t19-,21+/m1/s1. The van der Waals surface area contributed by atoms with Gasteiger partial charge in [-0.25, -0.2) is 0 Å². The molecule has 0 radical (unpaired) electrons. The van der Waals surface area contributed by atoms with Crippen molar-refractivity contribution in [2.45, 2.75) is 51.7 Å². The lowest BCUT2D eigenvalue weighted by atomic mass is 9.76. The van der Waals surface area contributed by atoms with Gasteiger partial charge in [-0.15, -0.1) is 0 Å². The highest BCUT2D eigenvalue weighted by Gasteiger charge is 2.44. The summed E-state index contributed by atoms with van der Waals surface area (Å²) in [4.78, 5) is 17.9. The minimum atomic E-state index is -0.186. The predicted molar refractivity (Wildman–Crippen MR) is 103 cm³/mol. The van der Waals surface area contributed by atoms with Gasteiger partial charge in [0, 0.05) is 35.0 Å². The van der Waals surface area contributed by atoms with Crippen LogP contribution in [0.1, 0.15) is 44.6 Å². The first-order valence-electron chi connectivity index (χ1n) is 9.79. The Hall–Kier alpha value is -1.85. The molecule has 2 aromatic rings. The number of likely N-dealkylation sites (tertiary alicyclic amines) is 1. The first-order valence-corrected chi connectivity index (χ1v) is 9.79. The van der Waals surface area contributed by atoms with E-state index < -0.39 is 0 Å². The SMILES string of the molecule is CCOc1ccc2[nH]c(=O)c(CN3CCC[C@@]4(CCC[C@H]4O)C3)cc2c1. The molecule has 1 saturated carbocycles. The van der Waals surface area contributed by atoms with Crippen molar-refractivity contribution < 1.29 is 9.84 Å². The van der Waals surface area contributed by atoms with Crippen molar-refractivity contribution in [1.29, 1.82) is 0 Å². The van der Waals surface area contributed by atoms with Crippen LogP contribution in [-0.4, -0.2) is 40.8 Å². The van der Waals surface area contributed by atoms with Crippen LogP contribution < -0.4 is 10.3 Å². The zero-order valence-corrected chi connectivity index (χ0v) is 15.5. The van der Waals surface area contributed by atoms with Gasteiger partial charge in [-0.2, -0.15) is 0 Å². The fraction of sp³-hybridized carbons (Fsp3) is 0.571. The summed E-state index contributed by atoms with van der Waals surface area (Å²) < 4.78 is 5.58. The lowest BCUT2D eigenvalue weighted by molar-refractivity contribution is -0.0121. The molecule has 2 N–H and O–H groups in total. The molecule has 1 aromatic heterocycles. The molecule has 0 unspecified atom stereocenters. The fourth-order valence-electron chi connectivity index (χ4n) is 4.83. The maximum absolute atomic E-state index is 12.5. The van der Waals surface area contributed by atoms with Crippen LogP contribution in [-0.2, 0) is 6.54 Å². The van der Waals surface area contributed by atoms with Crippen LogP contribution in [0, 0.1) is 5.41 Å². The average molecular weight is 356 g/mol. The van der Waals surface area contributed by atoms with Crippen LogP contribution in [0.15, 0.2) is 29.1 Å². The number of hydrogen-bond acceptors (Lipinski definition) is 4. The topological polar surface area (TPSA) is 65.6 Å². The Morgan fingerprint density at radius 1 is 1.31 bits per heavy atom. The number of piperidine rings is 1. The van der Waals surface area contributed by atoms with E-state index in [0.717, 1.165) is 67.4 Å². The molecule has 26 heavy (non-hydrogen) atoms. The fourth-order valence-corrected chi connectivity index (χ4v) is 4.83. The van der Waals surface area contributed by atoms with Gasteiger partial charge in [0.05, 0.1) is 12.7 Å². The number of H-pyrrole nitrogens is 1. The smallest absolute Gasteiger partial charge is 0.252 e. The van der Waals surface area contributed by atoms with Crippen LogP contribution in [0.4, 0.5) is 0 Å². The highest BCUT2D eigenvalue weighted by Crippen LogP contribution is 2.45. The van der Waals surface area contributed by atoms with Gasteiger partial charge in [0.1, 0.15) is 5.75 Å². The molecule has 1 saturated heterocycles. The maximum atomic E-state index is 12.5. The number of nitrogens with zero attached hydrogens (tertiary/aromatic N) is 1. The molecular weight excluding hydrogens is 328 g/mol. The molecular formula is C21H28N2O3. The summed E-state index contributed by atoms with van der Waals surface area (Å²) in [5.74, 6) is 0.823. The Balaban J connectivity index is 1.58. The molecule has 5 nitrogen and oxygen atoms in total. The van der Waals surface area contributed by atoms with Gasteiger partial charge >= 0.3 is 0 Å². The van der Waals surface area contributed by atoms with Gasteiger partial charge in [-0.05, 0) is 63.4 Å². The molecule has 2 aliphatic rings. The van der Waals surface area contributed by atoms with E-state index in [1.807, 2.05) is 31.2 Å². The number of aliphatic hydroxyl groups is 1. The van der Waals surface area contributed by atoms with Crippen molar-refractivity contribution >= 4 is 10.9 Å². The predicted octanol–water partition coefficient (Wildman–Crippen LogP) is 3.05. The third-order valence-electron chi connectivity index (χ3n) is 6.14. The third kappa shape index (κ3) is 3.26. The summed E-state index contributed by atoms with van der Waals surface area (Å²) in [7, 11) is 0. The van der Waals surface area contributed by atoms with Crippen molar-refractivity contribution in [3.05, 3.63) is 40.2 Å². The van der Waals surface area contributed by atoms with E-state index >= 15 is 0 Å². The molecule has 2 fully saturated rings. The number of rotatable bonds is 4. The Labute approximate surface area is 154 Å². The minimum Gasteiger partial charge on any atom is -0.494 e. The zero-order chi connectivity index (χ0) is 18.1. The Bertz CT molecular complexity index is 847. The van der Waals surface area contributed by atoms with Crippen LogP contribution >= 0.6 is 0 Å². The number of aromatic nitrogens is 1. The Kier molecular flexibility index (Phi) is 4.76. The molecule has 1 aliphatic heterocycles. The first kappa shape index (κ1) is 17.6. The van der Waals surface area contributed by atoms with Gasteiger partial charge in [0.2, 0.25) is 0 Å². The molecule has 140 valence electrons. The van der Waals surface area contributed by atoms with E-state index in [2.05, 4.69) is 9.88 Å². The summed E-state index contributed by atoms with van der Waals surface area (Å²) in [6.07, 6.45) is 5.16. The molecule has 2 atom stereocenters. The van der Waals surface area contributed by atoms with E-state index in [0.29, 0.717) is 13.2 Å². The first-order chi connectivity index (χ1) is 12.6. The number of pyridine rings is 1. The van der Waals surface area contributed by atoms with Gasteiger partial charge in [0.25, 0.3) is 5.56 Å². The average Bonchev–Trinajstić information content (AvgIpc) is 2.96. The van der Waals surface area contributed by atoms with Crippen molar-refractivity contribution in [3.8, 4) is 5.75 Å². The Morgan fingerprint density at radius 2 is 2.15 bits per heavy atom. The van der Waals surface area contributed by atoms with Crippen molar-refractivity contribution in [1.82, 2.24) is 9.88 Å². The number of nitrogens with one attached hydrogen (secondary N) is 1. The van der Waals surface area contributed by atoms with Gasteiger partial charge < -0.3 is 14.8 Å². The highest BCUT2D eigenvalue weighted by atomic mass is 16.5. The molecule has 0 bridgehead atoms. The summed E-state index contributed by atoms with van der Waals surface area (Å²) >= 11 is 0. The molecule has 5 heteroatoms. The highest BCUT2D eigenvalue weighted by molar-refractivity contribution is 5.80. The minimum absolute atomic E-state index is 0.0201. The van der Waals surface area contributed by atoms with Crippen molar-refractivity contribution in [2.24, 2.45) is 5.41 Å². The molecule has 4 rings (SSSR count). The van der Waals surface area contributed by atoms with E-state index in [9.17, 15) is 9.90 Å². The lowest BCUT2D eigenvalue weighted by Crippen LogP contribution is -2.47. The largest absolute Gasteiger partial charge is 0.494 e. The maximum Gasteiger partial charge on any atom is 0.252 e. The molecule has 2 heterocycles. The zero-order valence-electron chi connectivity index (χ0n) is 15.5. The number of aliphatic hydroxyl groups excluding tert-OH is 1. The van der Waals surface area contributed by atoms with Crippen molar-refractivity contribution in [2.75, 3.05) is 19.7 Å². The molecule has 1 spiro atoms. The number of hydrogen-bond donors (Lipinski definition) is 2. The van der Waals surface area contributed by atoms with E-state index in [1.54, 1.807) is 0 Å². The van der Waals surface area contributed by atoms with Crippen LogP contribution in [0.5, 0.6) is 5.75 Å². The van der Waals surface area contributed by atoms with Crippen LogP contribution in [0.2, 0.25) is 0 Å². The normalized spacial score (nSPS) is 26.6. The number of aromatic amines is 1.